The van der Waals surface area contributed by atoms with Crippen LogP contribution in [0.1, 0.15) is 62.4 Å². The molecule has 0 spiro atoms. The molecule has 0 fully saturated rings. The first kappa shape index (κ1) is 30.2. The topological polar surface area (TPSA) is 96.1 Å². The van der Waals surface area contributed by atoms with Crippen LogP contribution in [0.3, 0.4) is 0 Å². The molecule has 0 unspecified atom stereocenters. The van der Waals surface area contributed by atoms with E-state index in [2.05, 4.69) is 12.2 Å². The first-order valence-electron chi connectivity index (χ1n) is 13.2. The number of imidazole rings is 1. The Morgan fingerprint density at radius 3 is 2.62 bits per heavy atom. The molecule has 2 heterocycles. The third-order valence-corrected chi connectivity index (χ3v) is 6.64. The van der Waals surface area contributed by atoms with E-state index in [1.54, 1.807) is 29.8 Å². The lowest BCUT2D eigenvalue weighted by Gasteiger charge is -2.16. The first-order valence-corrected chi connectivity index (χ1v) is 13.6. The van der Waals surface area contributed by atoms with Gasteiger partial charge in [0.25, 0.3) is 5.91 Å². The summed E-state index contributed by atoms with van der Waals surface area (Å²) in [6, 6.07) is 10.9. The van der Waals surface area contributed by atoms with E-state index in [0.717, 1.165) is 34.5 Å². The highest BCUT2D eigenvalue weighted by molar-refractivity contribution is 6.32. The maximum absolute atomic E-state index is 12.9. The molecule has 0 aliphatic rings. The molecule has 0 saturated carbocycles. The van der Waals surface area contributed by atoms with E-state index in [0.29, 0.717) is 41.3 Å². The number of carbonyl (C=O) groups excluding carboxylic acids is 1. The molecule has 3 aromatic rings. The lowest BCUT2D eigenvalue weighted by Crippen LogP contribution is -2.37. The van der Waals surface area contributed by atoms with Crippen molar-refractivity contribution in [3.05, 3.63) is 88.4 Å². The number of benzene rings is 1. The number of hydrogen-bond acceptors (Lipinski definition) is 5. The second kappa shape index (κ2) is 14.7. The first-order chi connectivity index (χ1) is 18.8. The Labute approximate surface area is 235 Å². The highest BCUT2D eigenvalue weighted by Crippen LogP contribution is 2.37. The van der Waals surface area contributed by atoms with Crippen LogP contribution in [0.4, 0.5) is 0 Å². The van der Waals surface area contributed by atoms with Crippen molar-refractivity contribution in [2.24, 2.45) is 0 Å². The monoisotopic (exact) mass is 551 g/mol. The minimum absolute atomic E-state index is 0.0861. The van der Waals surface area contributed by atoms with Crippen LogP contribution in [0, 0.1) is 0 Å². The van der Waals surface area contributed by atoms with Crippen molar-refractivity contribution in [1.29, 1.82) is 0 Å². The quantitative estimate of drug-likeness (QED) is 0.133. The second-order valence-electron chi connectivity index (χ2n) is 9.52. The predicted octanol–water partition coefficient (Wildman–Crippen LogP) is 6.20. The Morgan fingerprint density at radius 2 is 1.95 bits per heavy atom. The maximum atomic E-state index is 12.9. The normalized spacial score (nSPS) is 12.9. The minimum Gasteiger partial charge on any atom is -0.496 e. The van der Waals surface area contributed by atoms with Crippen LogP contribution in [-0.2, 0) is 4.74 Å². The summed E-state index contributed by atoms with van der Waals surface area (Å²) >= 11 is 6.85. The molecule has 0 radical (unpaired) electrons. The van der Waals surface area contributed by atoms with Gasteiger partial charge < -0.3 is 20.3 Å². The molecule has 2 aromatic heterocycles. The number of nitrogens with one attached hydrogen (secondary N) is 1. The highest BCUT2D eigenvalue weighted by Gasteiger charge is 2.20. The van der Waals surface area contributed by atoms with Crippen LogP contribution in [0.5, 0.6) is 0 Å². The van der Waals surface area contributed by atoms with Gasteiger partial charge in [-0.05, 0) is 63.3 Å². The molecular formula is C31H38ClN3O4. The largest absolute Gasteiger partial charge is 0.496 e. The van der Waals surface area contributed by atoms with E-state index in [4.69, 9.17) is 26.4 Å². The van der Waals surface area contributed by atoms with Crippen LogP contribution in [0.15, 0.2) is 72.2 Å². The number of aromatic nitrogens is 2. The number of fused-ring (bicyclic) bond motifs is 1. The van der Waals surface area contributed by atoms with Crippen LogP contribution in [0.25, 0.3) is 22.5 Å². The zero-order chi connectivity index (χ0) is 28.4. The summed E-state index contributed by atoms with van der Waals surface area (Å²) in [7, 11) is 1.67. The zero-order valence-corrected chi connectivity index (χ0v) is 23.8. The minimum atomic E-state index is -0.386. The van der Waals surface area contributed by atoms with Crippen molar-refractivity contribution in [2.75, 3.05) is 20.3 Å². The average molecular weight is 552 g/mol. The summed E-state index contributed by atoms with van der Waals surface area (Å²) in [5, 5.41) is 21.9. The number of pyridine rings is 1. The molecule has 1 amide bonds. The van der Waals surface area contributed by atoms with Crippen LogP contribution < -0.4 is 5.32 Å². The third kappa shape index (κ3) is 7.60. The van der Waals surface area contributed by atoms with Gasteiger partial charge in [-0.1, -0.05) is 60.5 Å². The lowest BCUT2D eigenvalue weighted by molar-refractivity contribution is 0.0911. The van der Waals surface area contributed by atoms with E-state index in [1.807, 2.05) is 56.3 Å². The Bertz CT molecular complexity index is 1370. The Hall–Kier alpha value is -3.39. The number of hydrogen-bond donors (Lipinski definition) is 3. The molecule has 3 rings (SSSR count). The molecular weight excluding hydrogens is 514 g/mol. The third-order valence-electron chi connectivity index (χ3n) is 6.28. The molecule has 1 atom stereocenters. The summed E-state index contributed by atoms with van der Waals surface area (Å²) in [6.45, 7) is 6.06. The molecule has 0 aliphatic heterocycles. The lowest BCUT2D eigenvalue weighted by atomic mass is 9.95. The molecule has 208 valence electrons. The number of halogens is 1. The Morgan fingerprint density at radius 1 is 1.18 bits per heavy atom. The van der Waals surface area contributed by atoms with Crippen molar-refractivity contribution < 1.29 is 19.7 Å². The number of amides is 1. The van der Waals surface area contributed by atoms with Gasteiger partial charge in [-0.3, -0.25) is 9.20 Å². The molecule has 3 N–H and O–H groups in total. The van der Waals surface area contributed by atoms with Gasteiger partial charge in [0, 0.05) is 29.5 Å². The number of methoxy groups -OCH3 is 1. The number of aliphatic hydroxyl groups is 2. The molecule has 0 bridgehead atoms. The van der Waals surface area contributed by atoms with Crippen LogP contribution in [0.2, 0.25) is 5.15 Å². The Balaban J connectivity index is 2.04. The summed E-state index contributed by atoms with van der Waals surface area (Å²) in [4.78, 5) is 17.7. The van der Waals surface area contributed by atoms with E-state index in [-0.39, 0.29) is 25.2 Å². The fraction of sp³-hybridized carbons (Fsp3) is 0.355. The van der Waals surface area contributed by atoms with Crippen molar-refractivity contribution in [3.8, 4) is 11.3 Å². The number of rotatable bonds is 13. The molecule has 0 aliphatic carbocycles. The van der Waals surface area contributed by atoms with Gasteiger partial charge in [0.15, 0.2) is 0 Å². The van der Waals surface area contributed by atoms with Gasteiger partial charge in [-0.15, -0.1) is 0 Å². The van der Waals surface area contributed by atoms with Crippen molar-refractivity contribution in [1.82, 2.24) is 14.7 Å². The molecule has 8 heteroatoms. The smallest absolute Gasteiger partial charge is 0.251 e. The maximum Gasteiger partial charge on any atom is 0.251 e. The van der Waals surface area contributed by atoms with Crippen molar-refractivity contribution in [3.63, 3.8) is 0 Å². The van der Waals surface area contributed by atoms with Crippen LogP contribution >= 0.6 is 11.6 Å². The fourth-order valence-electron chi connectivity index (χ4n) is 4.28. The molecule has 39 heavy (non-hydrogen) atoms. The van der Waals surface area contributed by atoms with Crippen molar-refractivity contribution >= 4 is 28.7 Å². The number of allylic oxidation sites excluding steroid dienone is 5. The van der Waals surface area contributed by atoms with Gasteiger partial charge in [0.1, 0.15) is 22.3 Å². The van der Waals surface area contributed by atoms with Gasteiger partial charge in [-0.2, -0.15) is 0 Å². The van der Waals surface area contributed by atoms with Crippen molar-refractivity contribution in [2.45, 2.75) is 52.5 Å². The standard InChI is InChI=1S/C31H38ClN3O4/c1-5-10-27(39-4)25(15-14-21(2)3)24-12-6-7-13-26(24)29-30(32)35-17-16-22(19-28(35)34-29)31(38)33-23(20-37)11-8-9-18-36/h6-7,10,12-17,19,23,36-37H,5,8-9,11,18,20H2,1-4H3,(H,33,38)/b25-15-,27-10+/t23-/m0/s1. The summed E-state index contributed by atoms with van der Waals surface area (Å²) in [5.41, 5.74) is 5.39. The summed E-state index contributed by atoms with van der Waals surface area (Å²) in [5.74, 6) is 0.460. The van der Waals surface area contributed by atoms with Gasteiger partial charge in [0.05, 0.1) is 19.8 Å². The summed E-state index contributed by atoms with van der Waals surface area (Å²) in [6.07, 6.45) is 10.6. The van der Waals surface area contributed by atoms with E-state index >= 15 is 0 Å². The number of carbonyl (C=O) groups is 1. The van der Waals surface area contributed by atoms with Gasteiger partial charge >= 0.3 is 0 Å². The van der Waals surface area contributed by atoms with E-state index in [9.17, 15) is 9.90 Å². The molecule has 7 nitrogen and oxygen atoms in total. The number of ether oxygens (including phenoxy) is 1. The van der Waals surface area contributed by atoms with Gasteiger partial charge in [-0.25, -0.2) is 4.98 Å². The molecule has 0 saturated heterocycles. The second-order valence-corrected chi connectivity index (χ2v) is 9.88. The van der Waals surface area contributed by atoms with E-state index in [1.165, 1.54) is 0 Å². The summed E-state index contributed by atoms with van der Waals surface area (Å²) < 4.78 is 7.51. The molecule has 1 aromatic carbocycles. The van der Waals surface area contributed by atoms with E-state index < -0.39 is 0 Å². The predicted molar refractivity (Wildman–Crippen MR) is 158 cm³/mol. The number of unbranched alkanes of at least 4 members (excludes halogenated alkanes) is 1. The SMILES string of the molecule is CC/C=C(OC)\C(=C/C=C(C)C)c1ccccc1-c1nc2cc(C(=O)N[C@H](CO)CCCCO)ccn2c1Cl. The van der Waals surface area contributed by atoms with Gasteiger partial charge in [0.2, 0.25) is 0 Å². The van der Waals surface area contributed by atoms with Crippen LogP contribution in [-0.4, -0.2) is 51.9 Å². The Kier molecular flexibility index (Phi) is 11.3. The number of nitrogens with zero attached hydrogens (tertiary/aromatic N) is 2. The highest BCUT2D eigenvalue weighted by atomic mass is 35.5. The number of aliphatic hydroxyl groups excluding tert-OH is 2. The fourth-order valence-corrected chi connectivity index (χ4v) is 4.56. The zero-order valence-electron chi connectivity index (χ0n) is 23.1. The average Bonchev–Trinajstić information content (AvgIpc) is 3.27.